The molecule has 2 fully saturated rings. The number of nitrogens with two attached hydrogens (primary N) is 1. The standard InChI is InChI=1S/C14H24N4O/c1-14(2,3)13-16-12(17-19-13)8-18-10-4-5-11(18)7-9(15)6-10/h9-11H,4-8,15H2,1-3H3. The van der Waals surface area contributed by atoms with Crippen molar-refractivity contribution in [2.45, 2.75) is 76.5 Å². The van der Waals surface area contributed by atoms with Crippen LogP contribution in [0.25, 0.3) is 0 Å². The summed E-state index contributed by atoms with van der Waals surface area (Å²) in [6.07, 6.45) is 4.76. The highest BCUT2D eigenvalue weighted by Crippen LogP contribution is 2.36. The molecule has 3 heterocycles. The van der Waals surface area contributed by atoms with E-state index in [2.05, 4.69) is 35.8 Å². The van der Waals surface area contributed by atoms with E-state index in [1.54, 1.807) is 0 Å². The number of rotatable bonds is 2. The summed E-state index contributed by atoms with van der Waals surface area (Å²) in [5.41, 5.74) is 6.02. The van der Waals surface area contributed by atoms with Gasteiger partial charge in [0, 0.05) is 23.5 Å². The van der Waals surface area contributed by atoms with Crippen LogP contribution in [0.1, 0.15) is 58.2 Å². The molecule has 2 unspecified atom stereocenters. The van der Waals surface area contributed by atoms with Crippen LogP contribution >= 0.6 is 0 Å². The van der Waals surface area contributed by atoms with Gasteiger partial charge in [-0.05, 0) is 25.7 Å². The Bertz CT molecular complexity index is 437. The maximum atomic E-state index is 6.10. The molecule has 5 nitrogen and oxygen atoms in total. The molecule has 0 amide bonds. The van der Waals surface area contributed by atoms with Gasteiger partial charge in [-0.1, -0.05) is 25.9 Å². The minimum absolute atomic E-state index is 0.0749. The number of piperidine rings is 1. The third kappa shape index (κ3) is 2.54. The average Bonchev–Trinajstić information content (AvgIpc) is 2.85. The molecule has 0 spiro atoms. The van der Waals surface area contributed by atoms with Crippen LogP contribution in [0.2, 0.25) is 0 Å². The minimum atomic E-state index is -0.0749. The highest BCUT2D eigenvalue weighted by molar-refractivity contribution is 5.01. The van der Waals surface area contributed by atoms with Crippen molar-refractivity contribution in [3.05, 3.63) is 11.7 Å². The first-order valence-corrected chi connectivity index (χ1v) is 7.28. The first-order valence-electron chi connectivity index (χ1n) is 7.28. The SMILES string of the molecule is CC(C)(C)c1nc(CN2C3CCC2CC(N)C3)no1. The van der Waals surface area contributed by atoms with Crippen molar-refractivity contribution < 1.29 is 4.52 Å². The van der Waals surface area contributed by atoms with Crippen LogP contribution in [0.3, 0.4) is 0 Å². The Morgan fingerprint density at radius 1 is 1.26 bits per heavy atom. The molecule has 19 heavy (non-hydrogen) atoms. The molecule has 106 valence electrons. The number of hydrogen-bond acceptors (Lipinski definition) is 5. The first kappa shape index (κ1) is 13.1. The van der Waals surface area contributed by atoms with Gasteiger partial charge in [-0.3, -0.25) is 4.90 Å². The van der Waals surface area contributed by atoms with Crippen molar-refractivity contribution in [3.8, 4) is 0 Å². The average molecular weight is 264 g/mol. The molecule has 0 aliphatic carbocycles. The summed E-state index contributed by atoms with van der Waals surface area (Å²) in [6, 6.07) is 1.61. The van der Waals surface area contributed by atoms with Gasteiger partial charge in [0.15, 0.2) is 5.82 Å². The third-order valence-electron chi connectivity index (χ3n) is 4.35. The summed E-state index contributed by atoms with van der Waals surface area (Å²) in [4.78, 5) is 7.07. The lowest BCUT2D eigenvalue weighted by molar-refractivity contribution is 0.115. The normalized spacial score (nSPS) is 31.9. The van der Waals surface area contributed by atoms with Crippen molar-refractivity contribution >= 4 is 0 Å². The molecular weight excluding hydrogens is 240 g/mol. The number of fused-ring (bicyclic) bond motifs is 2. The first-order chi connectivity index (χ1) is 8.93. The zero-order chi connectivity index (χ0) is 13.6. The monoisotopic (exact) mass is 264 g/mol. The van der Waals surface area contributed by atoms with E-state index in [0.717, 1.165) is 31.1 Å². The number of aromatic nitrogens is 2. The molecule has 2 saturated heterocycles. The van der Waals surface area contributed by atoms with Gasteiger partial charge < -0.3 is 10.3 Å². The fourth-order valence-corrected chi connectivity index (χ4v) is 3.36. The van der Waals surface area contributed by atoms with Gasteiger partial charge in [0.05, 0.1) is 6.54 Å². The van der Waals surface area contributed by atoms with Gasteiger partial charge in [0.25, 0.3) is 0 Å². The molecule has 2 N–H and O–H groups in total. The van der Waals surface area contributed by atoms with E-state index >= 15 is 0 Å². The van der Waals surface area contributed by atoms with E-state index in [9.17, 15) is 0 Å². The molecule has 0 radical (unpaired) electrons. The lowest BCUT2D eigenvalue weighted by Gasteiger charge is -2.36. The minimum Gasteiger partial charge on any atom is -0.339 e. The Morgan fingerprint density at radius 2 is 1.89 bits per heavy atom. The van der Waals surface area contributed by atoms with Crippen LogP contribution in [-0.2, 0) is 12.0 Å². The second-order valence-electron chi connectivity index (χ2n) is 7.05. The lowest BCUT2D eigenvalue weighted by Crippen LogP contribution is -2.46. The lowest BCUT2D eigenvalue weighted by atomic mass is 9.97. The number of hydrogen-bond donors (Lipinski definition) is 1. The highest BCUT2D eigenvalue weighted by atomic mass is 16.5. The van der Waals surface area contributed by atoms with Gasteiger partial charge in [0.2, 0.25) is 5.89 Å². The van der Waals surface area contributed by atoms with Gasteiger partial charge >= 0.3 is 0 Å². The van der Waals surface area contributed by atoms with E-state index in [-0.39, 0.29) is 5.41 Å². The van der Waals surface area contributed by atoms with Gasteiger partial charge in [-0.2, -0.15) is 4.98 Å². The van der Waals surface area contributed by atoms with E-state index in [1.165, 1.54) is 12.8 Å². The van der Waals surface area contributed by atoms with Gasteiger partial charge in [0.1, 0.15) is 0 Å². The summed E-state index contributed by atoms with van der Waals surface area (Å²) in [5, 5.41) is 4.13. The molecule has 2 aliphatic heterocycles. The molecule has 2 aliphatic rings. The second kappa shape index (κ2) is 4.56. The van der Waals surface area contributed by atoms with Crippen LogP contribution < -0.4 is 5.73 Å². The largest absolute Gasteiger partial charge is 0.339 e. The Balaban J connectivity index is 1.71. The third-order valence-corrected chi connectivity index (χ3v) is 4.35. The summed E-state index contributed by atoms with van der Waals surface area (Å²) < 4.78 is 5.37. The van der Waals surface area contributed by atoms with Crippen molar-refractivity contribution in [3.63, 3.8) is 0 Å². The van der Waals surface area contributed by atoms with E-state index in [0.29, 0.717) is 18.1 Å². The Hall–Kier alpha value is -0.940. The maximum Gasteiger partial charge on any atom is 0.232 e. The van der Waals surface area contributed by atoms with Crippen LogP contribution in [0, 0.1) is 0 Å². The van der Waals surface area contributed by atoms with E-state index in [4.69, 9.17) is 10.3 Å². The predicted molar refractivity (Wildman–Crippen MR) is 72.6 cm³/mol. The van der Waals surface area contributed by atoms with Crippen molar-refractivity contribution in [2.75, 3.05) is 0 Å². The van der Waals surface area contributed by atoms with Crippen LogP contribution in [0.4, 0.5) is 0 Å². The molecule has 1 aromatic rings. The van der Waals surface area contributed by atoms with Gasteiger partial charge in [-0.15, -0.1) is 0 Å². The quantitative estimate of drug-likeness (QED) is 0.882. The van der Waals surface area contributed by atoms with Crippen LogP contribution in [-0.4, -0.2) is 33.2 Å². The second-order valence-corrected chi connectivity index (χ2v) is 7.05. The number of nitrogens with zero attached hydrogens (tertiary/aromatic N) is 3. The highest BCUT2D eigenvalue weighted by Gasteiger charge is 2.40. The maximum absolute atomic E-state index is 6.10. The van der Waals surface area contributed by atoms with Crippen molar-refractivity contribution in [2.24, 2.45) is 5.73 Å². The summed E-state index contributed by atoms with van der Waals surface area (Å²) >= 11 is 0. The molecule has 0 aromatic carbocycles. The predicted octanol–water partition coefficient (Wildman–Crippen LogP) is 1.82. The van der Waals surface area contributed by atoms with Crippen LogP contribution in [0.15, 0.2) is 4.52 Å². The Morgan fingerprint density at radius 3 is 2.42 bits per heavy atom. The molecule has 2 bridgehead atoms. The molecule has 3 rings (SSSR count). The zero-order valence-corrected chi connectivity index (χ0v) is 12.1. The summed E-state index contributed by atoms with van der Waals surface area (Å²) in [5.74, 6) is 1.54. The van der Waals surface area contributed by atoms with Crippen LogP contribution in [0.5, 0.6) is 0 Å². The molecule has 0 saturated carbocycles. The fraction of sp³-hybridized carbons (Fsp3) is 0.857. The van der Waals surface area contributed by atoms with Crippen molar-refractivity contribution in [1.82, 2.24) is 15.0 Å². The zero-order valence-electron chi connectivity index (χ0n) is 12.1. The Kier molecular flexibility index (Phi) is 3.14. The fourth-order valence-electron chi connectivity index (χ4n) is 3.36. The Labute approximate surface area is 114 Å². The van der Waals surface area contributed by atoms with E-state index in [1.807, 2.05) is 0 Å². The smallest absolute Gasteiger partial charge is 0.232 e. The molecular formula is C14H24N4O. The summed E-state index contributed by atoms with van der Waals surface area (Å²) in [7, 11) is 0. The molecule has 5 heteroatoms. The topological polar surface area (TPSA) is 68.2 Å². The summed E-state index contributed by atoms with van der Waals surface area (Å²) in [6.45, 7) is 7.08. The molecule has 1 aromatic heterocycles. The van der Waals surface area contributed by atoms with E-state index < -0.39 is 0 Å². The van der Waals surface area contributed by atoms with Crippen molar-refractivity contribution in [1.29, 1.82) is 0 Å². The molecule has 2 atom stereocenters. The van der Waals surface area contributed by atoms with Gasteiger partial charge in [-0.25, -0.2) is 0 Å².